The van der Waals surface area contributed by atoms with Crippen LogP contribution in [-0.2, 0) is 6.54 Å². The largest absolute Gasteiger partial charge is 0.496 e. The number of ether oxygens (including phenoxy) is 1. The number of nitrogen functional groups attached to an aromatic ring is 1. The highest BCUT2D eigenvalue weighted by atomic mass is 16.5. The summed E-state index contributed by atoms with van der Waals surface area (Å²) in [5, 5.41) is 25.0. The Labute approximate surface area is 204 Å². The molecule has 1 saturated carbocycles. The maximum absolute atomic E-state index is 12.5. The topological polar surface area (TPSA) is 146 Å². The van der Waals surface area contributed by atoms with Crippen LogP contribution < -0.4 is 21.1 Å². The summed E-state index contributed by atoms with van der Waals surface area (Å²) in [6, 6.07) is 14.5. The molecule has 4 rings (SSSR count). The lowest BCUT2D eigenvalue weighted by Crippen LogP contribution is -2.31. The summed E-state index contributed by atoms with van der Waals surface area (Å²) in [6.07, 6.45) is 4.33. The molecular weight excluding hydrogens is 444 g/mol. The Morgan fingerprint density at radius 2 is 1.94 bits per heavy atom. The summed E-state index contributed by atoms with van der Waals surface area (Å²) in [4.78, 5) is 21.0. The van der Waals surface area contributed by atoms with Crippen LogP contribution in [0, 0.1) is 5.41 Å². The first-order valence-electron chi connectivity index (χ1n) is 11.6. The lowest BCUT2D eigenvalue weighted by atomic mass is 9.92. The van der Waals surface area contributed by atoms with Gasteiger partial charge >= 0.3 is 0 Å². The molecule has 1 fully saturated rings. The third kappa shape index (κ3) is 5.75. The van der Waals surface area contributed by atoms with Gasteiger partial charge in [-0.2, -0.15) is 0 Å². The number of benzene rings is 2. The molecule has 2 atom stereocenters. The number of nitrogens with one attached hydrogen (secondary N) is 3. The van der Waals surface area contributed by atoms with Crippen LogP contribution in [0.15, 0.2) is 54.9 Å². The molecule has 0 radical (unpaired) electrons. The first-order valence-corrected chi connectivity index (χ1v) is 11.6. The van der Waals surface area contributed by atoms with E-state index in [0.717, 1.165) is 24.8 Å². The molecule has 9 heteroatoms. The van der Waals surface area contributed by atoms with E-state index < -0.39 is 0 Å². The number of nitrogens with zero attached hydrogens (tertiary/aromatic N) is 2. The number of carbonyl (C=O) groups is 1. The van der Waals surface area contributed by atoms with E-state index in [1.807, 2.05) is 30.3 Å². The van der Waals surface area contributed by atoms with Gasteiger partial charge in [0.25, 0.3) is 5.91 Å². The van der Waals surface area contributed by atoms with Crippen molar-refractivity contribution in [2.24, 2.45) is 0 Å². The first kappa shape index (κ1) is 24.2. The Kier molecular flexibility index (Phi) is 7.57. The molecule has 0 bridgehead atoms. The van der Waals surface area contributed by atoms with E-state index in [9.17, 15) is 9.90 Å². The third-order valence-corrected chi connectivity index (χ3v) is 6.16. The molecule has 9 nitrogen and oxygen atoms in total. The van der Waals surface area contributed by atoms with Crippen LogP contribution in [0.4, 0.5) is 11.6 Å². The lowest BCUT2D eigenvalue weighted by molar-refractivity contribution is 0.0947. The molecule has 0 saturated heterocycles. The van der Waals surface area contributed by atoms with E-state index in [2.05, 4.69) is 20.6 Å². The Morgan fingerprint density at radius 1 is 1.17 bits per heavy atom. The number of aromatic nitrogens is 2. The minimum atomic E-state index is -0.334. The Hall–Kier alpha value is -3.98. The second-order valence-corrected chi connectivity index (χ2v) is 8.60. The molecule has 3 aromatic rings. The van der Waals surface area contributed by atoms with E-state index >= 15 is 0 Å². The van der Waals surface area contributed by atoms with E-state index in [4.69, 9.17) is 15.9 Å². The van der Waals surface area contributed by atoms with Crippen LogP contribution in [0.5, 0.6) is 5.75 Å². The molecule has 2 unspecified atom stereocenters. The van der Waals surface area contributed by atoms with Crippen molar-refractivity contribution in [2.45, 2.75) is 44.4 Å². The summed E-state index contributed by atoms with van der Waals surface area (Å²) in [7, 11) is 1.53. The van der Waals surface area contributed by atoms with Crippen LogP contribution >= 0.6 is 0 Å². The van der Waals surface area contributed by atoms with Gasteiger partial charge in [-0.15, -0.1) is 0 Å². The van der Waals surface area contributed by atoms with Gasteiger partial charge in [0.2, 0.25) is 0 Å². The van der Waals surface area contributed by atoms with Crippen LogP contribution in [0.25, 0.3) is 0 Å². The van der Waals surface area contributed by atoms with Crippen LogP contribution in [0.2, 0.25) is 0 Å². The Morgan fingerprint density at radius 3 is 2.69 bits per heavy atom. The highest BCUT2D eigenvalue weighted by Crippen LogP contribution is 2.26. The highest BCUT2D eigenvalue weighted by Gasteiger charge is 2.23. The summed E-state index contributed by atoms with van der Waals surface area (Å²) >= 11 is 0. The van der Waals surface area contributed by atoms with Crippen LogP contribution in [0.1, 0.15) is 52.7 Å². The van der Waals surface area contributed by atoms with Crippen molar-refractivity contribution in [2.75, 3.05) is 18.2 Å². The third-order valence-electron chi connectivity index (χ3n) is 6.16. The fourth-order valence-electron chi connectivity index (χ4n) is 4.29. The number of para-hydroxylation sites is 1. The summed E-state index contributed by atoms with van der Waals surface area (Å²) in [5.41, 5.74) is 8.79. The number of nitrogens with two attached hydrogens (primary N) is 1. The number of amides is 1. The number of methoxy groups -OCH3 is 1. The van der Waals surface area contributed by atoms with Crippen molar-refractivity contribution in [3.05, 3.63) is 77.1 Å². The summed E-state index contributed by atoms with van der Waals surface area (Å²) < 4.78 is 5.25. The molecule has 2 aromatic carbocycles. The number of anilines is 2. The van der Waals surface area contributed by atoms with Gasteiger partial charge in [0.05, 0.1) is 30.1 Å². The zero-order valence-corrected chi connectivity index (χ0v) is 19.6. The van der Waals surface area contributed by atoms with E-state index in [0.29, 0.717) is 41.2 Å². The number of carbonyl (C=O) groups excluding carboxylic acids is 1. The molecule has 0 aliphatic heterocycles. The zero-order valence-electron chi connectivity index (χ0n) is 19.6. The molecule has 1 amide bonds. The van der Waals surface area contributed by atoms with Gasteiger partial charge in [0.15, 0.2) is 0 Å². The van der Waals surface area contributed by atoms with Gasteiger partial charge in [-0.05, 0) is 43.4 Å². The van der Waals surface area contributed by atoms with Crippen molar-refractivity contribution in [3.63, 3.8) is 0 Å². The van der Waals surface area contributed by atoms with Crippen molar-refractivity contribution in [1.82, 2.24) is 15.3 Å². The molecule has 1 heterocycles. The van der Waals surface area contributed by atoms with E-state index in [1.165, 1.54) is 13.4 Å². The SMILES string of the molecule is COc1ccccc1C(=O)NCc1ccc(C(=N)c2c(N)ncnc2NC2CCCC(O)C2)cc1. The second-order valence-electron chi connectivity index (χ2n) is 8.60. The molecule has 182 valence electrons. The van der Waals surface area contributed by atoms with Gasteiger partial charge in [0.1, 0.15) is 23.7 Å². The second kappa shape index (κ2) is 11.0. The monoisotopic (exact) mass is 474 g/mol. The minimum absolute atomic E-state index is 0.0637. The van der Waals surface area contributed by atoms with Gasteiger partial charge in [-0.3, -0.25) is 10.2 Å². The predicted molar refractivity (Wildman–Crippen MR) is 135 cm³/mol. The number of rotatable bonds is 8. The van der Waals surface area contributed by atoms with Gasteiger partial charge < -0.3 is 26.2 Å². The molecule has 35 heavy (non-hydrogen) atoms. The average molecular weight is 475 g/mol. The number of hydrogen-bond acceptors (Lipinski definition) is 8. The predicted octanol–water partition coefficient (Wildman–Crippen LogP) is 3.13. The standard InChI is InChI=1S/C26H30N6O3/c1-35-21-8-3-2-7-20(21)26(34)29-14-16-9-11-17(12-10-16)23(27)22-24(28)30-15-31-25(22)32-18-5-4-6-19(33)13-18/h2-3,7-12,15,18-19,27,33H,4-6,13-14H2,1H3,(H,29,34)(H3,28,30,31,32). The quantitative estimate of drug-likeness (QED) is 0.315. The maximum Gasteiger partial charge on any atom is 0.255 e. The zero-order chi connectivity index (χ0) is 24.8. The first-order chi connectivity index (χ1) is 17.0. The van der Waals surface area contributed by atoms with Gasteiger partial charge in [0, 0.05) is 18.2 Å². The van der Waals surface area contributed by atoms with Crippen molar-refractivity contribution in [3.8, 4) is 5.75 Å². The number of aliphatic hydroxyl groups excluding tert-OH is 1. The fourth-order valence-corrected chi connectivity index (χ4v) is 4.29. The van der Waals surface area contributed by atoms with Crippen molar-refractivity contribution >= 4 is 23.3 Å². The summed E-state index contributed by atoms with van der Waals surface area (Å²) in [6.45, 7) is 0.331. The molecular formula is C26H30N6O3. The van der Waals surface area contributed by atoms with Crippen LogP contribution in [0.3, 0.4) is 0 Å². The van der Waals surface area contributed by atoms with Gasteiger partial charge in [-0.25, -0.2) is 9.97 Å². The number of hydrogen-bond donors (Lipinski definition) is 5. The smallest absolute Gasteiger partial charge is 0.255 e. The van der Waals surface area contributed by atoms with Crippen LogP contribution in [-0.4, -0.2) is 45.9 Å². The Bertz CT molecular complexity index is 1200. The van der Waals surface area contributed by atoms with Gasteiger partial charge in [-0.1, -0.05) is 36.4 Å². The normalized spacial score (nSPS) is 17.4. The molecule has 1 aromatic heterocycles. The molecule has 0 spiro atoms. The maximum atomic E-state index is 12.5. The lowest BCUT2D eigenvalue weighted by Gasteiger charge is -2.28. The fraction of sp³-hybridized carbons (Fsp3) is 0.308. The number of aliphatic hydroxyl groups is 1. The van der Waals surface area contributed by atoms with E-state index in [1.54, 1.807) is 18.2 Å². The Balaban J connectivity index is 1.45. The highest BCUT2D eigenvalue weighted by molar-refractivity contribution is 6.16. The van der Waals surface area contributed by atoms with E-state index in [-0.39, 0.29) is 29.6 Å². The van der Waals surface area contributed by atoms with Crippen molar-refractivity contribution < 1.29 is 14.6 Å². The van der Waals surface area contributed by atoms with Crippen molar-refractivity contribution in [1.29, 1.82) is 5.41 Å². The molecule has 1 aliphatic carbocycles. The molecule has 1 aliphatic rings. The average Bonchev–Trinajstić information content (AvgIpc) is 2.87. The molecule has 6 N–H and O–H groups in total. The minimum Gasteiger partial charge on any atom is -0.496 e. The summed E-state index contributed by atoms with van der Waals surface area (Å²) in [5.74, 6) is 1.01.